The van der Waals surface area contributed by atoms with Gasteiger partial charge in [-0.15, -0.1) is 0 Å². The molecule has 0 bridgehead atoms. The van der Waals surface area contributed by atoms with Crippen LogP contribution in [0.5, 0.6) is 0 Å². The van der Waals surface area contributed by atoms with Crippen LogP contribution in [0, 0.1) is 0 Å². The number of fused-ring (bicyclic) bond motifs is 6. The third-order valence-corrected chi connectivity index (χ3v) is 6.33. The van der Waals surface area contributed by atoms with Crippen molar-refractivity contribution >= 4 is 43.8 Å². The number of aromatic nitrogens is 1. The molecule has 0 spiro atoms. The van der Waals surface area contributed by atoms with Crippen LogP contribution in [0.25, 0.3) is 66.2 Å². The summed E-state index contributed by atoms with van der Waals surface area (Å²) in [5, 5.41) is 3.91. The summed E-state index contributed by atoms with van der Waals surface area (Å²) in [6.07, 6.45) is 0. The molecule has 0 aliphatic heterocycles. The standard InChI is InChI=1S/C30H17NO3/c32-30-24(16-23-20-11-5-4-10-19(20)14-15-27(23)34-30)25-17-22(18-8-2-1-3-9-18)29-28(31-25)21-12-6-7-13-26(21)33-29/h1-17H. The van der Waals surface area contributed by atoms with Gasteiger partial charge in [-0.3, -0.25) is 0 Å². The Kier molecular flexibility index (Phi) is 3.96. The molecule has 3 aromatic heterocycles. The zero-order valence-electron chi connectivity index (χ0n) is 18.0. The molecule has 0 saturated heterocycles. The molecule has 3 heterocycles. The average Bonchev–Trinajstić information content (AvgIpc) is 3.27. The van der Waals surface area contributed by atoms with Gasteiger partial charge < -0.3 is 8.83 Å². The molecule has 7 rings (SSSR count). The largest absolute Gasteiger partial charge is 0.454 e. The average molecular weight is 439 g/mol. The van der Waals surface area contributed by atoms with Crippen molar-refractivity contribution in [1.82, 2.24) is 4.98 Å². The van der Waals surface area contributed by atoms with Crippen LogP contribution in [-0.2, 0) is 0 Å². The van der Waals surface area contributed by atoms with Crippen molar-refractivity contribution in [3.05, 3.63) is 114 Å². The minimum absolute atomic E-state index is 0.415. The molecule has 0 fully saturated rings. The van der Waals surface area contributed by atoms with Crippen LogP contribution in [-0.4, -0.2) is 4.98 Å². The Morgan fingerprint density at radius 3 is 2.21 bits per heavy atom. The first-order chi connectivity index (χ1) is 16.8. The van der Waals surface area contributed by atoms with E-state index in [2.05, 4.69) is 6.07 Å². The number of furan rings is 1. The number of benzene rings is 4. The monoisotopic (exact) mass is 439 g/mol. The Labute approximate surface area is 193 Å². The molecule has 0 N–H and O–H groups in total. The maximum absolute atomic E-state index is 13.1. The van der Waals surface area contributed by atoms with Gasteiger partial charge in [-0.05, 0) is 46.7 Å². The lowest BCUT2D eigenvalue weighted by Gasteiger charge is -2.08. The van der Waals surface area contributed by atoms with Gasteiger partial charge in [0, 0.05) is 16.3 Å². The van der Waals surface area contributed by atoms with Gasteiger partial charge in [0.25, 0.3) is 0 Å². The second kappa shape index (κ2) is 7.15. The Balaban J connectivity index is 1.59. The van der Waals surface area contributed by atoms with Gasteiger partial charge in [0.05, 0.1) is 11.3 Å². The van der Waals surface area contributed by atoms with E-state index in [9.17, 15) is 4.79 Å². The number of rotatable bonds is 2. The topological polar surface area (TPSA) is 56.2 Å². The molecule has 4 aromatic carbocycles. The lowest BCUT2D eigenvalue weighted by atomic mass is 10.0. The second-order valence-electron chi connectivity index (χ2n) is 8.34. The highest BCUT2D eigenvalue weighted by atomic mass is 16.4. The first-order valence-corrected chi connectivity index (χ1v) is 11.1. The molecule has 160 valence electrons. The van der Waals surface area contributed by atoms with Crippen LogP contribution in [0.3, 0.4) is 0 Å². The van der Waals surface area contributed by atoms with Gasteiger partial charge in [-0.25, -0.2) is 9.78 Å². The van der Waals surface area contributed by atoms with Gasteiger partial charge >= 0.3 is 5.63 Å². The van der Waals surface area contributed by atoms with Crippen molar-refractivity contribution in [2.75, 3.05) is 0 Å². The van der Waals surface area contributed by atoms with Crippen LogP contribution in [0.4, 0.5) is 0 Å². The summed E-state index contributed by atoms with van der Waals surface area (Å²) >= 11 is 0. The van der Waals surface area contributed by atoms with Gasteiger partial charge in [0.1, 0.15) is 16.7 Å². The molecule has 34 heavy (non-hydrogen) atoms. The molecule has 4 nitrogen and oxygen atoms in total. The quantitative estimate of drug-likeness (QED) is 0.206. The maximum atomic E-state index is 13.1. The van der Waals surface area contributed by atoms with E-state index in [-0.39, 0.29) is 0 Å². The van der Waals surface area contributed by atoms with Crippen molar-refractivity contribution in [1.29, 1.82) is 0 Å². The Hall–Kier alpha value is -4.70. The van der Waals surface area contributed by atoms with Gasteiger partial charge in [0.2, 0.25) is 0 Å². The van der Waals surface area contributed by atoms with Gasteiger partial charge in [0.15, 0.2) is 5.58 Å². The van der Waals surface area contributed by atoms with E-state index < -0.39 is 5.63 Å². The summed E-state index contributed by atoms with van der Waals surface area (Å²) in [7, 11) is 0. The molecule has 0 atom stereocenters. The van der Waals surface area contributed by atoms with Crippen LogP contribution in [0.1, 0.15) is 0 Å². The zero-order chi connectivity index (χ0) is 22.6. The molecule has 0 unspecified atom stereocenters. The molecule has 7 aromatic rings. The normalized spacial score (nSPS) is 11.6. The van der Waals surface area contributed by atoms with Crippen molar-refractivity contribution in [2.24, 2.45) is 0 Å². The highest BCUT2D eigenvalue weighted by molar-refractivity contribution is 6.09. The highest BCUT2D eigenvalue weighted by Crippen LogP contribution is 2.37. The van der Waals surface area contributed by atoms with Crippen molar-refractivity contribution < 1.29 is 8.83 Å². The molecule has 0 aliphatic carbocycles. The smallest absolute Gasteiger partial charge is 0.345 e. The van der Waals surface area contributed by atoms with Crippen LogP contribution >= 0.6 is 0 Å². The summed E-state index contributed by atoms with van der Waals surface area (Å²) in [5.41, 5.74) is 5.19. The summed E-state index contributed by atoms with van der Waals surface area (Å²) in [6, 6.07) is 33.5. The summed E-state index contributed by atoms with van der Waals surface area (Å²) < 4.78 is 12.0. The van der Waals surface area contributed by atoms with E-state index in [0.29, 0.717) is 22.4 Å². The minimum Gasteiger partial charge on any atom is -0.454 e. The highest BCUT2D eigenvalue weighted by Gasteiger charge is 2.19. The van der Waals surface area contributed by atoms with E-state index in [1.165, 1.54) is 0 Å². The number of pyridine rings is 1. The molecular weight excluding hydrogens is 422 g/mol. The third-order valence-electron chi connectivity index (χ3n) is 6.33. The number of hydrogen-bond donors (Lipinski definition) is 0. The Bertz CT molecular complexity index is 1930. The molecule has 0 amide bonds. The lowest BCUT2D eigenvalue weighted by Crippen LogP contribution is -2.04. The Morgan fingerprint density at radius 1 is 0.588 bits per heavy atom. The summed E-state index contributed by atoms with van der Waals surface area (Å²) in [4.78, 5) is 18.0. The first-order valence-electron chi connectivity index (χ1n) is 11.1. The minimum atomic E-state index is -0.415. The number of para-hydroxylation sites is 1. The van der Waals surface area contributed by atoms with Crippen LogP contribution in [0.15, 0.2) is 117 Å². The molecule has 0 radical (unpaired) electrons. The Morgan fingerprint density at radius 2 is 1.32 bits per heavy atom. The van der Waals surface area contributed by atoms with Gasteiger partial charge in [-0.2, -0.15) is 0 Å². The summed E-state index contributed by atoms with van der Waals surface area (Å²) in [5.74, 6) is 0. The van der Waals surface area contributed by atoms with E-state index in [4.69, 9.17) is 13.8 Å². The molecular formula is C30H17NO3. The van der Waals surface area contributed by atoms with E-state index in [0.717, 1.165) is 43.8 Å². The predicted octanol–water partition coefficient (Wildman–Crippen LogP) is 7.57. The number of hydrogen-bond acceptors (Lipinski definition) is 4. The van der Waals surface area contributed by atoms with E-state index in [1.807, 2.05) is 97.1 Å². The maximum Gasteiger partial charge on any atom is 0.345 e. The summed E-state index contributed by atoms with van der Waals surface area (Å²) in [6.45, 7) is 0. The van der Waals surface area contributed by atoms with Crippen molar-refractivity contribution in [3.8, 4) is 22.4 Å². The van der Waals surface area contributed by atoms with Crippen LogP contribution in [0.2, 0.25) is 0 Å². The fourth-order valence-electron chi connectivity index (χ4n) is 4.70. The van der Waals surface area contributed by atoms with Crippen molar-refractivity contribution in [3.63, 3.8) is 0 Å². The third kappa shape index (κ3) is 2.79. The zero-order valence-corrected chi connectivity index (χ0v) is 18.0. The number of nitrogens with zero attached hydrogens (tertiary/aromatic N) is 1. The van der Waals surface area contributed by atoms with Crippen LogP contribution < -0.4 is 5.63 Å². The fraction of sp³-hybridized carbons (Fsp3) is 0. The SMILES string of the molecule is O=c1oc2ccc3ccccc3c2cc1-c1cc(-c2ccccc2)c2oc3ccccc3c2n1. The van der Waals surface area contributed by atoms with E-state index in [1.54, 1.807) is 0 Å². The molecule has 4 heteroatoms. The molecule has 0 saturated carbocycles. The first kappa shape index (κ1) is 18.8. The molecule has 0 aliphatic rings. The predicted molar refractivity (Wildman–Crippen MR) is 136 cm³/mol. The lowest BCUT2D eigenvalue weighted by molar-refractivity contribution is 0.563. The second-order valence-corrected chi connectivity index (χ2v) is 8.34. The van der Waals surface area contributed by atoms with E-state index >= 15 is 0 Å². The fourth-order valence-corrected chi connectivity index (χ4v) is 4.70. The van der Waals surface area contributed by atoms with Gasteiger partial charge in [-0.1, -0.05) is 72.8 Å². The van der Waals surface area contributed by atoms with Crippen molar-refractivity contribution in [2.45, 2.75) is 0 Å².